The standard InChI is InChI=1S/C27H26N2O6/c1-14-23-24(15-5-7-16(8-6-15)27(31)34-4)25-20(28-26(23)35-29-14)11-17(12-21(25)30)19-13-18(32-2)9-10-22(19)33-3/h5-10,13,17,24,28H,11-12H2,1-4H3/t17-,24-/m1/s1. The summed E-state index contributed by atoms with van der Waals surface area (Å²) in [5.74, 6) is 1.16. The summed E-state index contributed by atoms with van der Waals surface area (Å²) in [6.07, 6.45) is 0.932. The minimum absolute atomic E-state index is 0.0434. The Kier molecular flexibility index (Phi) is 5.80. The minimum Gasteiger partial charge on any atom is -0.497 e. The molecule has 1 aliphatic carbocycles. The van der Waals surface area contributed by atoms with Crippen molar-refractivity contribution in [2.24, 2.45) is 0 Å². The van der Waals surface area contributed by atoms with Crippen molar-refractivity contribution in [3.05, 3.63) is 81.7 Å². The molecule has 2 atom stereocenters. The summed E-state index contributed by atoms with van der Waals surface area (Å²) in [5, 5.41) is 7.50. The van der Waals surface area contributed by atoms with Crippen LogP contribution in [-0.2, 0) is 9.53 Å². The Bertz CT molecular complexity index is 1340. The number of hydrogen-bond donors (Lipinski definition) is 1. The fourth-order valence-electron chi connectivity index (χ4n) is 5.11. The Hall–Kier alpha value is -4.07. The van der Waals surface area contributed by atoms with E-state index in [1.54, 1.807) is 26.4 Å². The van der Waals surface area contributed by atoms with Gasteiger partial charge in [0, 0.05) is 35.1 Å². The molecular formula is C27H26N2O6. The molecule has 0 amide bonds. The largest absolute Gasteiger partial charge is 0.497 e. The van der Waals surface area contributed by atoms with Gasteiger partial charge in [-0.2, -0.15) is 0 Å². The van der Waals surface area contributed by atoms with Crippen molar-refractivity contribution in [2.75, 3.05) is 26.6 Å². The molecule has 2 aliphatic rings. The van der Waals surface area contributed by atoms with Crippen molar-refractivity contribution in [3.63, 3.8) is 0 Å². The zero-order valence-corrected chi connectivity index (χ0v) is 20.0. The van der Waals surface area contributed by atoms with E-state index in [9.17, 15) is 9.59 Å². The molecule has 0 bridgehead atoms. The van der Waals surface area contributed by atoms with Crippen LogP contribution in [0.15, 0.2) is 58.3 Å². The predicted molar refractivity (Wildman–Crippen MR) is 128 cm³/mol. The number of aryl methyl sites for hydroxylation is 1. The van der Waals surface area contributed by atoms with Gasteiger partial charge in [0.25, 0.3) is 0 Å². The van der Waals surface area contributed by atoms with Gasteiger partial charge in [0.1, 0.15) is 11.5 Å². The van der Waals surface area contributed by atoms with Gasteiger partial charge >= 0.3 is 5.97 Å². The van der Waals surface area contributed by atoms with E-state index in [2.05, 4.69) is 10.5 Å². The van der Waals surface area contributed by atoms with E-state index in [-0.39, 0.29) is 17.6 Å². The van der Waals surface area contributed by atoms with Crippen LogP contribution in [0.1, 0.15) is 57.4 Å². The highest BCUT2D eigenvalue weighted by molar-refractivity contribution is 6.01. The van der Waals surface area contributed by atoms with E-state index >= 15 is 0 Å². The molecule has 2 aromatic carbocycles. The number of carbonyl (C=O) groups is 2. The van der Waals surface area contributed by atoms with Crippen LogP contribution in [0.2, 0.25) is 0 Å². The van der Waals surface area contributed by atoms with Crippen LogP contribution < -0.4 is 14.8 Å². The minimum atomic E-state index is -0.410. The number of nitrogens with one attached hydrogen (secondary N) is 1. The number of Topliss-reactive ketones (excluding diaryl/α,β-unsaturated/α-hetero) is 1. The van der Waals surface area contributed by atoms with Crippen LogP contribution in [0.25, 0.3) is 0 Å². The van der Waals surface area contributed by atoms with Gasteiger partial charge < -0.3 is 24.1 Å². The normalized spacial score (nSPS) is 18.9. The lowest BCUT2D eigenvalue weighted by Gasteiger charge is -2.35. The number of hydrogen-bond acceptors (Lipinski definition) is 8. The average molecular weight is 475 g/mol. The second kappa shape index (κ2) is 8.94. The van der Waals surface area contributed by atoms with Gasteiger partial charge in [0.15, 0.2) is 5.78 Å². The summed E-state index contributed by atoms with van der Waals surface area (Å²) in [6.45, 7) is 1.86. The van der Waals surface area contributed by atoms with Crippen molar-refractivity contribution in [1.29, 1.82) is 0 Å². The Morgan fingerprint density at radius 3 is 2.51 bits per heavy atom. The van der Waals surface area contributed by atoms with Gasteiger partial charge in [-0.1, -0.05) is 17.3 Å². The number of allylic oxidation sites excluding steroid dienone is 2. The van der Waals surface area contributed by atoms with E-state index in [0.29, 0.717) is 41.3 Å². The van der Waals surface area contributed by atoms with E-state index in [4.69, 9.17) is 18.7 Å². The lowest BCUT2D eigenvalue weighted by molar-refractivity contribution is -0.116. The summed E-state index contributed by atoms with van der Waals surface area (Å²) in [5.41, 5.74) is 5.30. The third-order valence-corrected chi connectivity index (χ3v) is 6.80. The maximum absolute atomic E-state index is 13.7. The number of aromatic nitrogens is 1. The smallest absolute Gasteiger partial charge is 0.337 e. The molecule has 2 heterocycles. The van der Waals surface area contributed by atoms with Crippen LogP contribution in [0.4, 0.5) is 5.88 Å². The third-order valence-electron chi connectivity index (χ3n) is 6.80. The highest BCUT2D eigenvalue weighted by atomic mass is 16.5. The Morgan fingerprint density at radius 2 is 1.83 bits per heavy atom. The topological polar surface area (TPSA) is 99.9 Å². The van der Waals surface area contributed by atoms with Crippen molar-refractivity contribution < 1.29 is 28.3 Å². The molecule has 8 heteroatoms. The summed E-state index contributed by atoms with van der Waals surface area (Å²) >= 11 is 0. The summed E-state index contributed by atoms with van der Waals surface area (Å²) < 4.78 is 21.4. The van der Waals surface area contributed by atoms with Crippen molar-refractivity contribution in [2.45, 2.75) is 31.6 Å². The molecule has 0 saturated heterocycles. The fourth-order valence-corrected chi connectivity index (χ4v) is 5.11. The Balaban J connectivity index is 1.58. The number of esters is 1. The number of carbonyl (C=O) groups excluding carboxylic acids is 2. The van der Waals surface area contributed by atoms with E-state index in [1.807, 2.05) is 37.3 Å². The maximum Gasteiger partial charge on any atom is 0.337 e. The van der Waals surface area contributed by atoms with Crippen molar-refractivity contribution in [3.8, 4) is 11.5 Å². The quantitative estimate of drug-likeness (QED) is 0.529. The second-order valence-electron chi connectivity index (χ2n) is 8.71. The van der Waals surface area contributed by atoms with Gasteiger partial charge in [-0.25, -0.2) is 4.79 Å². The average Bonchev–Trinajstić information content (AvgIpc) is 3.26. The number of ether oxygens (including phenoxy) is 3. The molecule has 0 radical (unpaired) electrons. The summed E-state index contributed by atoms with van der Waals surface area (Å²) in [4.78, 5) is 25.6. The van der Waals surface area contributed by atoms with Crippen molar-refractivity contribution >= 4 is 17.6 Å². The fraction of sp³-hybridized carbons (Fsp3) is 0.296. The van der Waals surface area contributed by atoms with Crippen LogP contribution >= 0.6 is 0 Å². The second-order valence-corrected chi connectivity index (χ2v) is 8.71. The first-order valence-electron chi connectivity index (χ1n) is 11.3. The molecule has 1 aromatic heterocycles. The van der Waals surface area contributed by atoms with E-state index in [1.165, 1.54) is 7.11 Å². The molecule has 0 unspecified atom stereocenters. The molecule has 180 valence electrons. The van der Waals surface area contributed by atoms with Crippen LogP contribution in [0.3, 0.4) is 0 Å². The van der Waals surface area contributed by atoms with Crippen LogP contribution in [0.5, 0.6) is 11.5 Å². The van der Waals surface area contributed by atoms with Gasteiger partial charge in [0.2, 0.25) is 5.88 Å². The van der Waals surface area contributed by atoms with Crippen LogP contribution in [0, 0.1) is 6.92 Å². The van der Waals surface area contributed by atoms with Gasteiger partial charge in [-0.05, 0) is 49.2 Å². The Labute approximate surface area is 202 Å². The molecule has 1 N–H and O–H groups in total. The van der Waals surface area contributed by atoms with E-state index < -0.39 is 5.97 Å². The summed E-state index contributed by atoms with van der Waals surface area (Å²) in [7, 11) is 4.59. The summed E-state index contributed by atoms with van der Waals surface area (Å²) in [6, 6.07) is 12.8. The molecule has 0 fully saturated rings. The van der Waals surface area contributed by atoms with Crippen LogP contribution in [-0.4, -0.2) is 38.2 Å². The molecule has 5 rings (SSSR count). The number of fused-ring (bicyclic) bond motifs is 1. The zero-order chi connectivity index (χ0) is 24.7. The van der Waals surface area contributed by atoms with Gasteiger partial charge in [-0.15, -0.1) is 0 Å². The highest BCUT2D eigenvalue weighted by Crippen LogP contribution is 2.50. The molecule has 35 heavy (non-hydrogen) atoms. The molecule has 3 aromatic rings. The number of ketones is 1. The number of rotatable bonds is 5. The highest BCUT2D eigenvalue weighted by Gasteiger charge is 2.41. The first-order valence-corrected chi connectivity index (χ1v) is 11.3. The molecule has 0 spiro atoms. The molecule has 0 saturated carbocycles. The predicted octanol–water partition coefficient (Wildman–Crippen LogP) is 4.75. The molecule has 8 nitrogen and oxygen atoms in total. The monoisotopic (exact) mass is 474 g/mol. The van der Waals surface area contributed by atoms with Crippen molar-refractivity contribution in [1.82, 2.24) is 5.16 Å². The number of methoxy groups -OCH3 is 3. The van der Waals surface area contributed by atoms with E-state index in [0.717, 1.165) is 28.1 Å². The number of nitrogens with zero attached hydrogens (tertiary/aromatic N) is 1. The molecule has 1 aliphatic heterocycles. The third kappa shape index (κ3) is 3.84. The lowest BCUT2D eigenvalue weighted by atomic mass is 9.72. The lowest BCUT2D eigenvalue weighted by Crippen LogP contribution is -2.29. The zero-order valence-electron chi connectivity index (χ0n) is 20.0. The maximum atomic E-state index is 13.7. The first-order chi connectivity index (χ1) is 16.9. The molecular weight excluding hydrogens is 448 g/mol. The Morgan fingerprint density at radius 1 is 1.06 bits per heavy atom. The van der Waals surface area contributed by atoms with Gasteiger partial charge in [-0.3, -0.25) is 4.79 Å². The number of anilines is 1. The SMILES string of the molecule is COC(=O)c1ccc([C@H]2C3=C(C[C@@H](c4cc(OC)ccc4OC)CC3=O)Nc3onc(C)c32)cc1. The first kappa shape index (κ1) is 22.7. The number of benzene rings is 2. The van der Waals surface area contributed by atoms with Gasteiger partial charge in [0.05, 0.1) is 38.2 Å².